The van der Waals surface area contributed by atoms with Gasteiger partial charge in [-0.2, -0.15) is 10.1 Å². The Morgan fingerprint density at radius 1 is 1.26 bits per heavy atom. The van der Waals surface area contributed by atoms with Crippen molar-refractivity contribution in [2.75, 3.05) is 49.5 Å². The highest BCUT2D eigenvalue weighted by molar-refractivity contribution is 6.09. The molecule has 1 unspecified atom stereocenters. The van der Waals surface area contributed by atoms with Crippen molar-refractivity contribution in [3.8, 4) is 5.88 Å². The van der Waals surface area contributed by atoms with Crippen molar-refractivity contribution in [2.45, 2.75) is 25.9 Å². The Labute approximate surface area is 201 Å². The van der Waals surface area contributed by atoms with Crippen molar-refractivity contribution in [1.29, 1.82) is 0 Å². The fourth-order valence-corrected chi connectivity index (χ4v) is 4.49. The molecule has 0 radical (unpaired) electrons. The van der Waals surface area contributed by atoms with Crippen LogP contribution in [0.4, 0.5) is 11.5 Å². The number of fused-ring (bicyclic) bond motifs is 2. The van der Waals surface area contributed by atoms with E-state index in [2.05, 4.69) is 15.4 Å². The third-order valence-corrected chi connectivity index (χ3v) is 6.31. The van der Waals surface area contributed by atoms with Crippen LogP contribution < -0.4 is 20.7 Å². The van der Waals surface area contributed by atoms with Gasteiger partial charge in [0.1, 0.15) is 11.2 Å². The fourth-order valence-electron chi connectivity index (χ4n) is 4.49. The number of aliphatic hydroxyl groups is 1. The lowest BCUT2D eigenvalue weighted by Gasteiger charge is -2.35. The Balaban J connectivity index is 1.45. The average Bonchev–Trinajstić information content (AvgIpc) is 3.38. The zero-order valence-corrected chi connectivity index (χ0v) is 19.7. The number of pyridine rings is 1. The maximum Gasteiger partial charge on any atom is 0.261 e. The summed E-state index contributed by atoms with van der Waals surface area (Å²) in [7, 11) is 0. The molecule has 3 aromatic rings. The summed E-state index contributed by atoms with van der Waals surface area (Å²) in [6.07, 6.45) is 5.46. The van der Waals surface area contributed by atoms with Crippen molar-refractivity contribution >= 4 is 29.0 Å². The van der Waals surface area contributed by atoms with E-state index < -0.39 is 5.60 Å². The fraction of sp³-hybridized carbons (Fsp3) is 0.435. The molecule has 12 heteroatoms. The normalized spacial score (nSPS) is 20.0. The summed E-state index contributed by atoms with van der Waals surface area (Å²) in [5, 5.41) is 17.0. The van der Waals surface area contributed by atoms with Gasteiger partial charge in [-0.3, -0.25) is 14.5 Å². The van der Waals surface area contributed by atoms with Gasteiger partial charge >= 0.3 is 0 Å². The number of hydrogen-bond acceptors (Lipinski definition) is 9. The number of aromatic nitrogens is 4. The molecule has 1 saturated heterocycles. The molecule has 1 atom stereocenters. The molecule has 0 bridgehead atoms. The zero-order valence-electron chi connectivity index (χ0n) is 19.7. The van der Waals surface area contributed by atoms with Crippen LogP contribution in [0, 0.1) is 6.92 Å². The number of anilines is 2. The van der Waals surface area contributed by atoms with Gasteiger partial charge in [0.25, 0.3) is 5.91 Å². The van der Waals surface area contributed by atoms with Crippen LogP contribution in [0.2, 0.25) is 0 Å². The number of primary amides is 1. The van der Waals surface area contributed by atoms with Crippen LogP contribution in [0.5, 0.6) is 5.88 Å². The summed E-state index contributed by atoms with van der Waals surface area (Å²) in [5.41, 5.74) is 7.65. The van der Waals surface area contributed by atoms with Crippen molar-refractivity contribution in [3.05, 3.63) is 41.3 Å². The molecule has 4 N–H and O–H groups in total. The lowest BCUT2D eigenvalue weighted by atomic mass is 10.0. The predicted molar refractivity (Wildman–Crippen MR) is 128 cm³/mol. The van der Waals surface area contributed by atoms with Gasteiger partial charge in [0.15, 0.2) is 11.5 Å². The number of amides is 2. The molecule has 35 heavy (non-hydrogen) atoms. The SMILES string of the molecule is Cc1cnc2c(C(=O)Nc3cc4c(nc3N3CCN(CC(N)=O)CC3)OC(C)(CO)C4)cnn2c1. The molecular formula is C23H28N8O4. The van der Waals surface area contributed by atoms with Crippen LogP contribution in [0.25, 0.3) is 5.65 Å². The molecule has 5 rings (SSSR count). The van der Waals surface area contributed by atoms with Crippen molar-refractivity contribution in [3.63, 3.8) is 0 Å². The van der Waals surface area contributed by atoms with Gasteiger partial charge in [-0.25, -0.2) is 9.50 Å². The third-order valence-electron chi connectivity index (χ3n) is 6.31. The summed E-state index contributed by atoms with van der Waals surface area (Å²) in [4.78, 5) is 37.7. The minimum absolute atomic E-state index is 0.153. The van der Waals surface area contributed by atoms with Gasteiger partial charge in [0, 0.05) is 50.6 Å². The van der Waals surface area contributed by atoms with Crippen LogP contribution in [0.3, 0.4) is 0 Å². The first-order valence-corrected chi connectivity index (χ1v) is 11.5. The number of nitrogens with two attached hydrogens (primary N) is 1. The van der Waals surface area contributed by atoms with E-state index in [0.717, 1.165) is 11.1 Å². The quantitative estimate of drug-likeness (QED) is 0.442. The number of aryl methyl sites for hydroxylation is 1. The van der Waals surface area contributed by atoms with E-state index in [4.69, 9.17) is 15.5 Å². The van der Waals surface area contributed by atoms with Gasteiger partial charge in [-0.1, -0.05) is 0 Å². The lowest BCUT2D eigenvalue weighted by molar-refractivity contribution is -0.119. The Morgan fingerprint density at radius 3 is 2.74 bits per heavy atom. The minimum atomic E-state index is -0.764. The number of nitrogens with zero attached hydrogens (tertiary/aromatic N) is 6. The number of ether oxygens (including phenoxy) is 1. The molecule has 184 valence electrons. The lowest BCUT2D eigenvalue weighted by Crippen LogP contribution is -2.49. The van der Waals surface area contributed by atoms with Crippen molar-refractivity contribution in [1.82, 2.24) is 24.5 Å². The molecule has 0 saturated carbocycles. The Bertz CT molecular complexity index is 1300. The summed E-state index contributed by atoms with van der Waals surface area (Å²) < 4.78 is 7.53. The standard InChI is InChI=1S/C23H28N8O4/c1-14-9-25-19-16(10-26-31(19)11-14)21(34)27-17-7-15-8-23(2,13-32)35-22(15)28-20(17)30-5-3-29(4-6-30)12-18(24)33/h7,9-11,32H,3-6,8,12-13H2,1-2H3,(H2,24,33)(H,27,34). The van der Waals surface area contributed by atoms with Gasteiger partial charge in [-0.05, 0) is 25.5 Å². The highest BCUT2D eigenvalue weighted by Crippen LogP contribution is 2.39. The topological polar surface area (TPSA) is 151 Å². The number of aliphatic hydroxyl groups excluding tert-OH is 1. The summed E-state index contributed by atoms with van der Waals surface area (Å²) in [6, 6.07) is 1.86. The van der Waals surface area contributed by atoms with Crippen LogP contribution in [-0.2, 0) is 11.2 Å². The summed E-state index contributed by atoms with van der Waals surface area (Å²) in [5.74, 6) is 0.298. The van der Waals surface area contributed by atoms with Gasteiger partial charge in [0.2, 0.25) is 11.8 Å². The van der Waals surface area contributed by atoms with Gasteiger partial charge < -0.3 is 25.8 Å². The molecular weight excluding hydrogens is 452 g/mol. The number of carbonyl (C=O) groups excluding carboxylic acids is 2. The molecule has 12 nitrogen and oxygen atoms in total. The van der Waals surface area contributed by atoms with E-state index in [1.807, 2.05) is 29.7 Å². The van der Waals surface area contributed by atoms with Crippen LogP contribution in [0.1, 0.15) is 28.4 Å². The third kappa shape index (κ3) is 4.49. The van der Waals surface area contributed by atoms with Crippen molar-refractivity contribution < 1.29 is 19.4 Å². The minimum Gasteiger partial charge on any atom is -0.468 e. The van der Waals surface area contributed by atoms with Gasteiger partial charge in [0.05, 0.1) is 25.0 Å². The van der Waals surface area contributed by atoms with E-state index in [9.17, 15) is 14.7 Å². The van der Waals surface area contributed by atoms with E-state index in [-0.39, 0.29) is 25.0 Å². The molecule has 5 heterocycles. The summed E-state index contributed by atoms with van der Waals surface area (Å²) in [6.45, 7) is 6.22. The Kier molecular flexibility index (Phi) is 5.77. The van der Waals surface area contributed by atoms with E-state index in [1.54, 1.807) is 16.9 Å². The molecule has 0 aromatic carbocycles. The monoisotopic (exact) mass is 480 g/mol. The van der Waals surface area contributed by atoms with E-state index in [1.165, 1.54) is 6.20 Å². The van der Waals surface area contributed by atoms with Crippen LogP contribution >= 0.6 is 0 Å². The average molecular weight is 481 g/mol. The second kappa shape index (κ2) is 8.78. The highest BCUT2D eigenvalue weighted by atomic mass is 16.5. The van der Waals surface area contributed by atoms with Crippen molar-refractivity contribution in [2.24, 2.45) is 5.73 Å². The number of hydrogen-bond donors (Lipinski definition) is 3. The molecule has 2 aliphatic rings. The second-order valence-corrected chi connectivity index (χ2v) is 9.35. The first-order chi connectivity index (χ1) is 16.7. The number of rotatable bonds is 6. The number of piperazine rings is 1. The zero-order chi connectivity index (χ0) is 24.7. The molecule has 1 fully saturated rings. The Hall–Kier alpha value is -3.77. The largest absolute Gasteiger partial charge is 0.468 e. The molecule has 2 amide bonds. The van der Waals surface area contributed by atoms with Gasteiger partial charge in [-0.15, -0.1) is 0 Å². The van der Waals surface area contributed by atoms with E-state index in [0.29, 0.717) is 61.2 Å². The highest BCUT2D eigenvalue weighted by Gasteiger charge is 2.37. The first-order valence-electron chi connectivity index (χ1n) is 11.5. The molecule has 0 spiro atoms. The van der Waals surface area contributed by atoms with Crippen LogP contribution in [-0.4, -0.2) is 86.3 Å². The smallest absolute Gasteiger partial charge is 0.261 e. The molecule has 0 aliphatic carbocycles. The number of carbonyl (C=O) groups is 2. The van der Waals surface area contributed by atoms with E-state index >= 15 is 0 Å². The second-order valence-electron chi connectivity index (χ2n) is 9.35. The molecule has 2 aliphatic heterocycles. The maximum absolute atomic E-state index is 13.3. The Morgan fingerprint density at radius 2 is 2.03 bits per heavy atom. The predicted octanol–water partition coefficient (Wildman–Crippen LogP) is -0.0218. The molecule has 3 aromatic heterocycles. The van der Waals surface area contributed by atoms with Crippen LogP contribution in [0.15, 0.2) is 24.7 Å². The number of nitrogens with one attached hydrogen (secondary N) is 1. The summed E-state index contributed by atoms with van der Waals surface area (Å²) >= 11 is 0. The first kappa shape index (κ1) is 23.0. The maximum atomic E-state index is 13.3.